The van der Waals surface area contributed by atoms with E-state index in [1.807, 2.05) is 48.5 Å². The number of nitrogens with zero attached hydrogens (tertiary/aromatic N) is 1. The average Bonchev–Trinajstić information content (AvgIpc) is 3.42. The van der Waals surface area contributed by atoms with E-state index < -0.39 is 24.0 Å². The van der Waals surface area contributed by atoms with Gasteiger partial charge in [0.1, 0.15) is 12.6 Å². The third kappa shape index (κ3) is 4.08. The van der Waals surface area contributed by atoms with Gasteiger partial charge in [0.25, 0.3) is 5.91 Å². The van der Waals surface area contributed by atoms with Gasteiger partial charge in [0.2, 0.25) is 0 Å². The van der Waals surface area contributed by atoms with Crippen LogP contribution < -0.4 is 5.43 Å². The highest BCUT2D eigenvalue weighted by Crippen LogP contribution is 2.44. The number of carboxylic acid groups (broad SMARTS) is 1. The van der Waals surface area contributed by atoms with Crippen molar-refractivity contribution in [2.45, 2.75) is 18.9 Å². The van der Waals surface area contributed by atoms with Crippen molar-refractivity contribution < 1.29 is 24.2 Å². The number of ether oxygens (including phenoxy) is 1. The van der Waals surface area contributed by atoms with Gasteiger partial charge in [-0.2, -0.15) is 5.01 Å². The number of aliphatic carboxylic acids is 1. The Hall–Kier alpha value is -3.49. The molecule has 0 fully saturated rings. The summed E-state index contributed by atoms with van der Waals surface area (Å²) in [6.45, 7) is 1.36. The highest BCUT2D eigenvalue weighted by atomic mass is 32.1. The van der Waals surface area contributed by atoms with Gasteiger partial charge in [-0.05, 0) is 40.6 Å². The molecule has 3 aromatic rings. The van der Waals surface area contributed by atoms with Crippen molar-refractivity contribution in [1.29, 1.82) is 0 Å². The first-order valence-corrected chi connectivity index (χ1v) is 10.6. The Morgan fingerprint density at radius 2 is 1.65 bits per heavy atom. The monoisotopic (exact) mass is 436 g/mol. The highest BCUT2D eigenvalue weighted by Gasteiger charge is 2.32. The van der Waals surface area contributed by atoms with Gasteiger partial charge in [0.15, 0.2) is 0 Å². The van der Waals surface area contributed by atoms with E-state index in [-0.39, 0.29) is 12.5 Å². The molecule has 0 aliphatic heterocycles. The molecule has 1 aliphatic rings. The molecule has 2 aromatic carbocycles. The number of benzene rings is 2. The van der Waals surface area contributed by atoms with Crippen LogP contribution in [0, 0.1) is 0 Å². The first-order valence-electron chi connectivity index (χ1n) is 9.69. The summed E-state index contributed by atoms with van der Waals surface area (Å²) < 4.78 is 5.52. The van der Waals surface area contributed by atoms with E-state index in [1.54, 1.807) is 17.5 Å². The Labute approximate surface area is 182 Å². The Balaban J connectivity index is 1.55. The predicted molar refractivity (Wildman–Crippen MR) is 116 cm³/mol. The fourth-order valence-corrected chi connectivity index (χ4v) is 4.27. The molecular weight excluding hydrogens is 416 g/mol. The Morgan fingerprint density at radius 3 is 2.19 bits per heavy atom. The Bertz CT molecular complexity index is 1080. The molecule has 8 heteroatoms. The molecule has 1 aliphatic carbocycles. The number of amides is 2. The predicted octanol–water partition coefficient (Wildman–Crippen LogP) is 4.12. The normalized spacial score (nSPS) is 13.2. The summed E-state index contributed by atoms with van der Waals surface area (Å²) in [5, 5.41) is 11.5. The third-order valence-electron chi connectivity index (χ3n) is 5.15. The SMILES string of the molecule is C[C@H](NN(C(=O)OCC1c2ccccc2-c2ccccc21)C(=O)c1cccs1)C(=O)O. The number of carbonyl (C=O) groups is 3. The van der Waals surface area contributed by atoms with Gasteiger partial charge in [-0.3, -0.25) is 9.59 Å². The molecule has 158 valence electrons. The number of nitrogens with one attached hydrogen (secondary N) is 1. The molecule has 0 saturated heterocycles. The van der Waals surface area contributed by atoms with Crippen LogP contribution in [0.4, 0.5) is 4.79 Å². The maximum atomic E-state index is 12.9. The lowest BCUT2D eigenvalue weighted by molar-refractivity contribution is -0.139. The van der Waals surface area contributed by atoms with Crippen molar-refractivity contribution in [2.24, 2.45) is 0 Å². The number of hydrogen-bond donors (Lipinski definition) is 2. The first kappa shape index (κ1) is 20.8. The van der Waals surface area contributed by atoms with Crippen molar-refractivity contribution in [3.05, 3.63) is 82.0 Å². The molecule has 0 saturated carbocycles. The first-order chi connectivity index (χ1) is 15.0. The molecule has 0 bridgehead atoms. The molecule has 31 heavy (non-hydrogen) atoms. The second kappa shape index (κ2) is 8.71. The maximum absolute atomic E-state index is 12.9. The molecule has 2 N–H and O–H groups in total. The zero-order chi connectivity index (χ0) is 22.0. The lowest BCUT2D eigenvalue weighted by atomic mass is 9.98. The van der Waals surface area contributed by atoms with Crippen molar-refractivity contribution in [3.8, 4) is 11.1 Å². The highest BCUT2D eigenvalue weighted by molar-refractivity contribution is 7.12. The largest absolute Gasteiger partial charge is 0.480 e. The minimum atomic E-state index is -1.20. The fourth-order valence-electron chi connectivity index (χ4n) is 3.61. The molecule has 1 heterocycles. The summed E-state index contributed by atoms with van der Waals surface area (Å²) in [5.41, 5.74) is 6.69. The van der Waals surface area contributed by atoms with Crippen molar-refractivity contribution in [2.75, 3.05) is 6.61 Å². The summed E-state index contributed by atoms with van der Waals surface area (Å²) in [5.74, 6) is -2.04. The number of fused-ring (bicyclic) bond motifs is 3. The van der Waals surface area contributed by atoms with Crippen molar-refractivity contribution in [1.82, 2.24) is 10.4 Å². The second-order valence-corrected chi connectivity index (χ2v) is 8.06. The van der Waals surface area contributed by atoms with E-state index in [9.17, 15) is 19.5 Å². The zero-order valence-electron chi connectivity index (χ0n) is 16.6. The van der Waals surface area contributed by atoms with E-state index in [1.165, 1.54) is 6.92 Å². The molecular formula is C23H20N2O5S. The third-order valence-corrected chi connectivity index (χ3v) is 6.00. The molecule has 0 radical (unpaired) electrons. The summed E-state index contributed by atoms with van der Waals surface area (Å²) in [4.78, 5) is 37.2. The molecule has 0 unspecified atom stereocenters. The van der Waals surface area contributed by atoms with Gasteiger partial charge in [-0.25, -0.2) is 10.2 Å². The summed E-state index contributed by atoms with van der Waals surface area (Å²) >= 11 is 1.15. The lowest BCUT2D eigenvalue weighted by Crippen LogP contribution is -2.53. The van der Waals surface area contributed by atoms with Crippen molar-refractivity contribution in [3.63, 3.8) is 0 Å². The second-order valence-electron chi connectivity index (χ2n) is 7.11. The van der Waals surface area contributed by atoms with Crippen LogP contribution in [0.2, 0.25) is 0 Å². The minimum Gasteiger partial charge on any atom is -0.480 e. The lowest BCUT2D eigenvalue weighted by Gasteiger charge is -2.24. The minimum absolute atomic E-state index is 0.0181. The summed E-state index contributed by atoms with van der Waals surface area (Å²) in [6.07, 6.45) is -0.951. The molecule has 7 nitrogen and oxygen atoms in total. The van der Waals surface area contributed by atoms with E-state index >= 15 is 0 Å². The molecule has 1 aromatic heterocycles. The number of hydrazine groups is 1. The van der Waals surface area contributed by atoms with Crippen LogP contribution in [0.25, 0.3) is 11.1 Å². The van der Waals surface area contributed by atoms with Crippen LogP contribution in [0.15, 0.2) is 66.0 Å². The van der Waals surface area contributed by atoms with Crippen LogP contribution in [-0.4, -0.2) is 40.7 Å². The number of thiophene rings is 1. The van der Waals surface area contributed by atoms with Crippen LogP contribution in [0.3, 0.4) is 0 Å². The van der Waals surface area contributed by atoms with E-state index in [2.05, 4.69) is 5.43 Å². The fraction of sp³-hybridized carbons (Fsp3) is 0.174. The maximum Gasteiger partial charge on any atom is 0.431 e. The van der Waals surface area contributed by atoms with Crippen LogP contribution in [-0.2, 0) is 9.53 Å². The number of rotatable bonds is 6. The van der Waals surface area contributed by atoms with E-state index in [4.69, 9.17) is 4.74 Å². The van der Waals surface area contributed by atoms with Gasteiger partial charge in [-0.15, -0.1) is 11.3 Å². The van der Waals surface area contributed by atoms with E-state index in [0.717, 1.165) is 33.6 Å². The van der Waals surface area contributed by atoms with Gasteiger partial charge in [0, 0.05) is 5.92 Å². The smallest absolute Gasteiger partial charge is 0.431 e. The standard InChI is InChI=1S/C23H20N2O5S/c1-14(22(27)28)24-25(21(26)20-11-6-12-31-20)23(29)30-13-19-17-9-4-2-7-15(17)16-8-3-5-10-18(16)19/h2-12,14,19,24H,13H2,1H3,(H,27,28)/t14-/m0/s1. The molecule has 2 amide bonds. The Morgan fingerprint density at radius 1 is 1.03 bits per heavy atom. The quantitative estimate of drug-likeness (QED) is 0.565. The molecule has 0 spiro atoms. The Kier molecular flexibility index (Phi) is 5.83. The number of carbonyl (C=O) groups excluding carboxylic acids is 2. The zero-order valence-corrected chi connectivity index (χ0v) is 17.5. The average molecular weight is 436 g/mol. The molecule has 1 atom stereocenters. The topological polar surface area (TPSA) is 95.9 Å². The van der Waals surface area contributed by atoms with Crippen LogP contribution >= 0.6 is 11.3 Å². The van der Waals surface area contributed by atoms with Gasteiger partial charge in [-0.1, -0.05) is 54.6 Å². The van der Waals surface area contributed by atoms with Crippen LogP contribution in [0.5, 0.6) is 0 Å². The van der Waals surface area contributed by atoms with Gasteiger partial charge in [0.05, 0.1) is 4.88 Å². The van der Waals surface area contributed by atoms with Gasteiger partial charge < -0.3 is 9.84 Å². The van der Waals surface area contributed by atoms with Crippen LogP contribution in [0.1, 0.15) is 33.6 Å². The number of carboxylic acids is 1. The number of imide groups is 1. The summed E-state index contributed by atoms with van der Waals surface area (Å²) in [7, 11) is 0. The van der Waals surface area contributed by atoms with Crippen molar-refractivity contribution >= 4 is 29.3 Å². The van der Waals surface area contributed by atoms with Gasteiger partial charge >= 0.3 is 12.1 Å². The summed E-state index contributed by atoms with van der Waals surface area (Å²) in [6, 6.07) is 17.9. The number of hydrogen-bond acceptors (Lipinski definition) is 6. The molecule has 4 rings (SSSR count). The van der Waals surface area contributed by atoms with E-state index in [0.29, 0.717) is 9.89 Å².